The minimum atomic E-state index is -1.57. The average Bonchev–Trinajstić information content (AvgIpc) is 2.82. The molecule has 5 nitrogen and oxygen atoms in total. The van der Waals surface area contributed by atoms with E-state index in [-0.39, 0.29) is 0 Å². The summed E-state index contributed by atoms with van der Waals surface area (Å²) < 4.78 is 7.36. The summed E-state index contributed by atoms with van der Waals surface area (Å²) in [4.78, 5) is 0. The van der Waals surface area contributed by atoms with Gasteiger partial charge >= 0.3 is 7.12 Å². The molecule has 0 atom stereocenters. The van der Waals surface area contributed by atoms with Gasteiger partial charge in [0.2, 0.25) is 0 Å². The summed E-state index contributed by atoms with van der Waals surface area (Å²) in [5.74, 6) is 0.597. The fraction of sp³-hybridized carbons (Fsp3) is 0.100. The number of nitrogens with zero attached hydrogens (tertiary/aromatic N) is 2. The van der Waals surface area contributed by atoms with Crippen LogP contribution < -0.4 is 10.2 Å². The van der Waals surface area contributed by atoms with Gasteiger partial charge in [-0.1, -0.05) is 0 Å². The number of methoxy groups -OCH3 is 1. The topological polar surface area (TPSA) is 67.5 Å². The maximum absolute atomic E-state index is 9.34. The molecule has 2 aromatic rings. The van der Waals surface area contributed by atoms with Crippen molar-refractivity contribution in [2.75, 3.05) is 7.11 Å². The highest BCUT2D eigenvalue weighted by atomic mass is 79.9. The first-order valence-corrected chi connectivity index (χ1v) is 5.66. The molecule has 2 rings (SSSR count). The molecule has 17 heavy (non-hydrogen) atoms. The molecule has 0 amide bonds. The van der Waals surface area contributed by atoms with Crippen LogP contribution in [0.4, 0.5) is 0 Å². The molecule has 0 unspecified atom stereocenters. The first-order chi connectivity index (χ1) is 8.13. The number of rotatable bonds is 3. The van der Waals surface area contributed by atoms with E-state index in [1.54, 1.807) is 42.4 Å². The van der Waals surface area contributed by atoms with E-state index in [0.29, 0.717) is 21.4 Å². The van der Waals surface area contributed by atoms with Crippen LogP contribution in [0.25, 0.3) is 5.69 Å². The van der Waals surface area contributed by atoms with E-state index < -0.39 is 7.12 Å². The van der Waals surface area contributed by atoms with E-state index in [1.165, 1.54) is 0 Å². The summed E-state index contributed by atoms with van der Waals surface area (Å²) >= 11 is 3.30. The van der Waals surface area contributed by atoms with Crippen molar-refractivity contribution in [1.82, 2.24) is 9.78 Å². The Hall–Kier alpha value is -1.31. The van der Waals surface area contributed by atoms with Gasteiger partial charge in [-0.2, -0.15) is 5.10 Å². The summed E-state index contributed by atoms with van der Waals surface area (Å²) in [6.45, 7) is 0. The smallest absolute Gasteiger partial charge is 0.490 e. The Bertz CT molecular complexity index is 517. The second kappa shape index (κ2) is 4.91. The van der Waals surface area contributed by atoms with Gasteiger partial charge in [0.15, 0.2) is 0 Å². The van der Waals surface area contributed by atoms with E-state index in [2.05, 4.69) is 21.0 Å². The molecule has 0 spiro atoms. The van der Waals surface area contributed by atoms with Crippen LogP contribution in [-0.4, -0.2) is 34.1 Å². The molecule has 0 bridgehead atoms. The van der Waals surface area contributed by atoms with Crippen LogP contribution in [0, 0.1) is 0 Å². The highest BCUT2D eigenvalue weighted by molar-refractivity contribution is 9.10. The maximum Gasteiger partial charge on any atom is 0.490 e. The summed E-state index contributed by atoms with van der Waals surface area (Å²) in [7, 11) is -0.0291. The summed E-state index contributed by atoms with van der Waals surface area (Å²) in [5.41, 5.74) is 0.909. The van der Waals surface area contributed by atoms with Crippen LogP contribution in [0.2, 0.25) is 0 Å². The van der Waals surface area contributed by atoms with Crippen molar-refractivity contribution < 1.29 is 14.8 Å². The zero-order chi connectivity index (χ0) is 12.4. The lowest BCUT2D eigenvalue weighted by Gasteiger charge is -2.12. The van der Waals surface area contributed by atoms with Crippen molar-refractivity contribution in [3.05, 3.63) is 35.1 Å². The molecule has 0 saturated carbocycles. The Labute approximate surface area is 107 Å². The zero-order valence-corrected chi connectivity index (χ0v) is 10.6. The predicted molar refractivity (Wildman–Crippen MR) is 67.6 cm³/mol. The normalized spacial score (nSPS) is 10.4. The third-order valence-corrected chi connectivity index (χ3v) is 2.95. The molecule has 88 valence electrons. The van der Waals surface area contributed by atoms with Crippen LogP contribution in [0.15, 0.2) is 35.1 Å². The summed E-state index contributed by atoms with van der Waals surface area (Å²) in [6, 6.07) is 5.04. The lowest BCUT2D eigenvalue weighted by atomic mass is 9.79. The quantitative estimate of drug-likeness (QED) is 0.801. The van der Waals surface area contributed by atoms with Crippen molar-refractivity contribution in [2.24, 2.45) is 0 Å². The first kappa shape index (κ1) is 12.2. The number of hydrogen-bond acceptors (Lipinski definition) is 4. The van der Waals surface area contributed by atoms with Gasteiger partial charge in [-0.15, -0.1) is 0 Å². The molecule has 0 fully saturated rings. The van der Waals surface area contributed by atoms with Crippen LogP contribution in [0.5, 0.6) is 5.75 Å². The fourth-order valence-corrected chi connectivity index (χ4v) is 2.05. The van der Waals surface area contributed by atoms with Gasteiger partial charge < -0.3 is 14.8 Å². The van der Waals surface area contributed by atoms with Crippen molar-refractivity contribution in [1.29, 1.82) is 0 Å². The number of hydrogen-bond donors (Lipinski definition) is 2. The van der Waals surface area contributed by atoms with Crippen LogP contribution in [0.3, 0.4) is 0 Å². The third kappa shape index (κ3) is 2.36. The Balaban J connectivity index is 2.62. The zero-order valence-electron chi connectivity index (χ0n) is 9.04. The lowest BCUT2D eigenvalue weighted by molar-refractivity contribution is 0.411. The van der Waals surface area contributed by atoms with Crippen molar-refractivity contribution in [3.8, 4) is 11.4 Å². The van der Waals surface area contributed by atoms with E-state index in [0.717, 1.165) is 0 Å². The van der Waals surface area contributed by atoms with E-state index in [9.17, 15) is 10.0 Å². The number of benzene rings is 1. The molecule has 7 heteroatoms. The van der Waals surface area contributed by atoms with Crippen LogP contribution >= 0.6 is 15.9 Å². The minimum Gasteiger partial charge on any atom is -0.495 e. The predicted octanol–water partition coefficient (Wildman–Crippen LogP) is 0.323. The summed E-state index contributed by atoms with van der Waals surface area (Å²) in [5, 5.41) is 22.7. The molecule has 2 N–H and O–H groups in total. The number of aromatic nitrogens is 2. The Morgan fingerprint density at radius 2 is 2.18 bits per heavy atom. The summed E-state index contributed by atoms with van der Waals surface area (Å²) in [6.07, 6.45) is 3.33. The minimum absolute atomic E-state index is 0.348. The van der Waals surface area contributed by atoms with Gasteiger partial charge in [-0.3, -0.25) is 0 Å². The molecular formula is C10H10BBrN2O3. The first-order valence-electron chi connectivity index (χ1n) is 4.87. The Morgan fingerprint density at radius 1 is 1.41 bits per heavy atom. The second-order valence-corrected chi connectivity index (χ2v) is 4.22. The number of halogens is 1. The molecular weight excluding hydrogens is 287 g/mol. The highest BCUT2D eigenvalue weighted by Gasteiger charge is 2.20. The Kier molecular flexibility index (Phi) is 3.51. The molecule has 0 saturated heterocycles. The SMILES string of the molecule is COc1cc(-n2cccn2)c(B(O)O)cc1Br. The van der Waals surface area contributed by atoms with Gasteiger partial charge in [0, 0.05) is 23.9 Å². The molecule has 0 aliphatic rings. The second-order valence-electron chi connectivity index (χ2n) is 3.37. The van der Waals surface area contributed by atoms with Crippen molar-refractivity contribution in [3.63, 3.8) is 0 Å². The monoisotopic (exact) mass is 296 g/mol. The largest absolute Gasteiger partial charge is 0.495 e. The standard InChI is InChI=1S/C10H10BBrN2O3/c1-17-10-6-9(14-4-2-3-13-14)7(11(15)16)5-8(10)12/h2-6,15-16H,1H3. The van der Waals surface area contributed by atoms with Gasteiger partial charge in [-0.25, -0.2) is 4.68 Å². The highest BCUT2D eigenvalue weighted by Crippen LogP contribution is 2.26. The number of ether oxygens (including phenoxy) is 1. The molecule has 1 heterocycles. The van der Waals surface area contributed by atoms with Gasteiger partial charge in [0.25, 0.3) is 0 Å². The van der Waals surface area contributed by atoms with Crippen LogP contribution in [-0.2, 0) is 0 Å². The Morgan fingerprint density at radius 3 is 2.71 bits per heavy atom. The van der Waals surface area contributed by atoms with Crippen LogP contribution in [0.1, 0.15) is 0 Å². The van der Waals surface area contributed by atoms with E-state index in [4.69, 9.17) is 4.74 Å². The molecule has 0 radical (unpaired) electrons. The van der Waals surface area contributed by atoms with Gasteiger partial charge in [0.1, 0.15) is 5.75 Å². The maximum atomic E-state index is 9.34. The molecule has 0 aliphatic heterocycles. The van der Waals surface area contributed by atoms with Gasteiger partial charge in [-0.05, 0) is 28.1 Å². The van der Waals surface area contributed by atoms with Crippen molar-refractivity contribution >= 4 is 28.5 Å². The third-order valence-electron chi connectivity index (χ3n) is 2.33. The molecule has 0 aliphatic carbocycles. The van der Waals surface area contributed by atoms with Crippen molar-refractivity contribution in [2.45, 2.75) is 0 Å². The lowest BCUT2D eigenvalue weighted by Crippen LogP contribution is -2.33. The molecule has 1 aromatic heterocycles. The van der Waals surface area contributed by atoms with Gasteiger partial charge in [0.05, 0.1) is 17.3 Å². The molecule has 1 aromatic carbocycles. The van der Waals surface area contributed by atoms with E-state index in [1.807, 2.05) is 0 Å². The van der Waals surface area contributed by atoms with E-state index >= 15 is 0 Å². The fourth-order valence-electron chi connectivity index (χ4n) is 1.53. The average molecular weight is 297 g/mol.